The second kappa shape index (κ2) is 6.44. The number of primary amides is 1. The third kappa shape index (κ3) is 3.53. The highest BCUT2D eigenvalue weighted by Crippen LogP contribution is 2.24. The van der Waals surface area contributed by atoms with E-state index in [1.807, 2.05) is 0 Å². The molecule has 0 aliphatic heterocycles. The number of hydrogen-bond donors (Lipinski definition) is 2. The van der Waals surface area contributed by atoms with E-state index in [9.17, 15) is 14.0 Å². The quantitative estimate of drug-likeness (QED) is 0.907. The minimum Gasteiger partial charge on any atom is -0.410 e. The summed E-state index contributed by atoms with van der Waals surface area (Å²) in [6, 6.07) is 8.71. The maximum atomic E-state index is 13.8. The first-order chi connectivity index (χ1) is 10.4. The topological polar surface area (TPSA) is 81.4 Å². The Labute approximate surface area is 130 Å². The lowest BCUT2D eigenvalue weighted by molar-refractivity contribution is 0.102. The van der Waals surface area contributed by atoms with Gasteiger partial charge >= 0.3 is 6.09 Å². The summed E-state index contributed by atoms with van der Waals surface area (Å²) in [5.41, 5.74) is 5.72. The number of nitrogens with one attached hydrogen (secondary N) is 1. The van der Waals surface area contributed by atoms with E-state index in [0.29, 0.717) is 5.56 Å². The number of carbonyl (C=O) groups excluding carboxylic acids is 2. The molecule has 0 saturated carbocycles. The number of anilines is 1. The number of hydrogen-bond acceptors (Lipinski definition) is 3. The van der Waals surface area contributed by atoms with Crippen LogP contribution in [0.15, 0.2) is 36.4 Å². The van der Waals surface area contributed by atoms with Crippen LogP contribution in [0.1, 0.15) is 15.9 Å². The SMILES string of the molecule is Cc1ccc(C(=O)Nc2cccc(Cl)c2F)cc1OC(N)=O. The van der Waals surface area contributed by atoms with Crippen molar-refractivity contribution in [2.75, 3.05) is 5.32 Å². The summed E-state index contributed by atoms with van der Waals surface area (Å²) in [4.78, 5) is 22.9. The normalized spacial score (nSPS) is 10.1. The molecule has 2 rings (SSSR count). The Hall–Kier alpha value is -2.60. The molecule has 0 aliphatic rings. The average Bonchev–Trinajstić information content (AvgIpc) is 2.45. The summed E-state index contributed by atoms with van der Waals surface area (Å²) in [6.45, 7) is 1.69. The van der Waals surface area contributed by atoms with Gasteiger partial charge in [-0.1, -0.05) is 23.7 Å². The number of ether oxygens (including phenoxy) is 1. The monoisotopic (exact) mass is 322 g/mol. The summed E-state index contributed by atoms with van der Waals surface area (Å²) in [7, 11) is 0. The van der Waals surface area contributed by atoms with Crippen LogP contribution in [-0.2, 0) is 0 Å². The van der Waals surface area contributed by atoms with Crippen LogP contribution >= 0.6 is 11.6 Å². The van der Waals surface area contributed by atoms with Crippen molar-refractivity contribution in [3.63, 3.8) is 0 Å². The number of rotatable bonds is 3. The van der Waals surface area contributed by atoms with Gasteiger partial charge in [-0.15, -0.1) is 0 Å². The van der Waals surface area contributed by atoms with E-state index in [2.05, 4.69) is 5.32 Å². The van der Waals surface area contributed by atoms with Crippen molar-refractivity contribution in [3.8, 4) is 5.75 Å². The molecule has 114 valence electrons. The molecule has 2 aromatic rings. The van der Waals surface area contributed by atoms with Crippen LogP contribution in [0, 0.1) is 12.7 Å². The maximum Gasteiger partial charge on any atom is 0.409 e. The number of halogens is 2. The number of nitrogens with two attached hydrogens (primary N) is 1. The van der Waals surface area contributed by atoms with Gasteiger partial charge in [-0.25, -0.2) is 9.18 Å². The molecule has 0 fully saturated rings. The van der Waals surface area contributed by atoms with E-state index in [0.717, 1.165) is 0 Å². The van der Waals surface area contributed by atoms with Crippen LogP contribution in [0.4, 0.5) is 14.9 Å². The van der Waals surface area contributed by atoms with Gasteiger partial charge in [-0.3, -0.25) is 4.79 Å². The van der Waals surface area contributed by atoms with Crippen molar-refractivity contribution in [1.29, 1.82) is 0 Å². The Morgan fingerprint density at radius 2 is 2.00 bits per heavy atom. The first kappa shape index (κ1) is 15.8. The van der Waals surface area contributed by atoms with E-state index in [-0.39, 0.29) is 22.0 Å². The maximum absolute atomic E-state index is 13.8. The molecule has 0 saturated heterocycles. The molecule has 3 N–H and O–H groups in total. The molecule has 0 aliphatic carbocycles. The second-order valence-corrected chi connectivity index (χ2v) is 4.86. The van der Waals surface area contributed by atoms with Gasteiger partial charge in [0, 0.05) is 5.56 Å². The van der Waals surface area contributed by atoms with Gasteiger partial charge in [0.2, 0.25) is 0 Å². The minimum absolute atomic E-state index is 0.0459. The van der Waals surface area contributed by atoms with Crippen LogP contribution in [0.25, 0.3) is 0 Å². The van der Waals surface area contributed by atoms with Crippen molar-refractivity contribution >= 4 is 29.3 Å². The standard InChI is InChI=1S/C15H12ClFN2O3/c1-8-5-6-9(7-12(8)22-15(18)21)14(20)19-11-4-2-3-10(16)13(11)17/h2-7H,1H3,(H2,18,21)(H,19,20). The second-order valence-electron chi connectivity index (χ2n) is 4.46. The molecule has 7 heteroatoms. The lowest BCUT2D eigenvalue weighted by Crippen LogP contribution is -2.18. The molecule has 0 radical (unpaired) electrons. The van der Waals surface area contributed by atoms with E-state index in [1.165, 1.54) is 30.3 Å². The molecular formula is C15H12ClFN2O3. The van der Waals surface area contributed by atoms with Gasteiger partial charge in [-0.05, 0) is 36.8 Å². The Bertz CT molecular complexity index is 750. The Balaban J connectivity index is 2.26. The smallest absolute Gasteiger partial charge is 0.409 e. The molecule has 22 heavy (non-hydrogen) atoms. The van der Waals surface area contributed by atoms with E-state index >= 15 is 0 Å². The minimum atomic E-state index is -0.985. The molecule has 0 atom stereocenters. The van der Waals surface area contributed by atoms with Gasteiger partial charge < -0.3 is 15.8 Å². The average molecular weight is 323 g/mol. The van der Waals surface area contributed by atoms with E-state index < -0.39 is 17.8 Å². The van der Waals surface area contributed by atoms with Crippen molar-refractivity contribution in [1.82, 2.24) is 0 Å². The number of benzene rings is 2. The lowest BCUT2D eigenvalue weighted by atomic mass is 10.1. The number of amides is 2. The third-order valence-corrected chi connectivity index (χ3v) is 3.15. The zero-order valence-corrected chi connectivity index (χ0v) is 12.3. The summed E-state index contributed by atoms with van der Waals surface area (Å²) in [6.07, 6.45) is -0.985. The number of carbonyl (C=O) groups is 2. The fourth-order valence-electron chi connectivity index (χ4n) is 1.75. The van der Waals surface area contributed by atoms with Crippen molar-refractivity contribution in [2.24, 2.45) is 5.73 Å². The summed E-state index contributed by atoms with van der Waals surface area (Å²) < 4.78 is 18.6. The van der Waals surface area contributed by atoms with Gasteiger partial charge in [0.1, 0.15) is 5.75 Å². The van der Waals surface area contributed by atoms with Crippen LogP contribution in [0.2, 0.25) is 5.02 Å². The summed E-state index contributed by atoms with van der Waals surface area (Å²) in [5.74, 6) is -1.14. The molecule has 2 amide bonds. The molecule has 2 aromatic carbocycles. The van der Waals surface area contributed by atoms with Crippen LogP contribution in [0.3, 0.4) is 0 Å². The highest BCUT2D eigenvalue weighted by atomic mass is 35.5. The zero-order chi connectivity index (χ0) is 16.3. The molecule has 5 nitrogen and oxygen atoms in total. The first-order valence-electron chi connectivity index (χ1n) is 6.22. The fraction of sp³-hybridized carbons (Fsp3) is 0.0667. The van der Waals surface area contributed by atoms with Gasteiger partial charge in [0.05, 0.1) is 10.7 Å². The molecule has 0 unspecified atom stereocenters. The van der Waals surface area contributed by atoms with Crippen molar-refractivity contribution in [3.05, 3.63) is 58.4 Å². The zero-order valence-electron chi connectivity index (χ0n) is 11.5. The van der Waals surface area contributed by atoms with Gasteiger partial charge in [0.15, 0.2) is 5.82 Å². The highest BCUT2D eigenvalue weighted by Gasteiger charge is 2.13. The Morgan fingerprint density at radius 1 is 1.27 bits per heavy atom. The highest BCUT2D eigenvalue weighted by molar-refractivity contribution is 6.31. The van der Waals surface area contributed by atoms with Crippen LogP contribution in [-0.4, -0.2) is 12.0 Å². The van der Waals surface area contributed by atoms with E-state index in [4.69, 9.17) is 22.1 Å². The summed E-state index contributed by atoms with van der Waals surface area (Å²) >= 11 is 5.65. The largest absolute Gasteiger partial charge is 0.410 e. The predicted molar refractivity (Wildman–Crippen MR) is 80.8 cm³/mol. The van der Waals surface area contributed by atoms with Crippen molar-refractivity contribution in [2.45, 2.75) is 6.92 Å². The predicted octanol–water partition coefficient (Wildman–Crippen LogP) is 3.50. The first-order valence-corrected chi connectivity index (χ1v) is 6.59. The fourth-order valence-corrected chi connectivity index (χ4v) is 1.93. The Morgan fingerprint density at radius 3 is 2.68 bits per heavy atom. The number of aryl methyl sites for hydroxylation is 1. The van der Waals surface area contributed by atoms with Gasteiger partial charge in [0.25, 0.3) is 5.91 Å². The van der Waals surface area contributed by atoms with Crippen LogP contribution < -0.4 is 15.8 Å². The van der Waals surface area contributed by atoms with Crippen molar-refractivity contribution < 1.29 is 18.7 Å². The summed E-state index contributed by atoms with van der Waals surface area (Å²) in [5, 5.41) is 2.30. The van der Waals surface area contributed by atoms with Gasteiger partial charge in [-0.2, -0.15) is 0 Å². The third-order valence-electron chi connectivity index (χ3n) is 2.86. The Kier molecular flexibility index (Phi) is 4.62. The molecule has 0 bridgehead atoms. The van der Waals surface area contributed by atoms with Crippen LogP contribution in [0.5, 0.6) is 5.75 Å². The molecule has 0 spiro atoms. The molecular weight excluding hydrogens is 311 g/mol. The molecule has 0 heterocycles. The lowest BCUT2D eigenvalue weighted by Gasteiger charge is -2.10. The molecule has 0 aromatic heterocycles. The van der Waals surface area contributed by atoms with E-state index in [1.54, 1.807) is 13.0 Å².